The molecule has 16 heavy (non-hydrogen) atoms. The number of aromatic nitrogens is 2. The van der Waals surface area contributed by atoms with Gasteiger partial charge in [-0.1, -0.05) is 29.8 Å². The molecule has 0 radical (unpaired) electrons. The first-order chi connectivity index (χ1) is 7.65. The first-order valence-corrected chi connectivity index (χ1v) is 5.00. The molecule has 2 aromatic rings. The summed E-state index contributed by atoms with van der Waals surface area (Å²) in [7, 11) is 0. The van der Waals surface area contributed by atoms with E-state index in [9.17, 15) is 9.59 Å². The third-order valence-corrected chi connectivity index (χ3v) is 2.33. The number of hydrogen-bond acceptors (Lipinski definition) is 2. The summed E-state index contributed by atoms with van der Waals surface area (Å²) in [5.74, 6) is 0. The number of aryl methyl sites for hydroxylation is 1. The molecule has 1 N–H and O–H groups in total. The zero-order chi connectivity index (χ0) is 11.5. The van der Waals surface area contributed by atoms with Crippen molar-refractivity contribution < 1.29 is 0 Å². The normalized spacial score (nSPS) is 10.3. The molecule has 4 nitrogen and oxygen atoms in total. The second kappa shape index (κ2) is 4.18. The first-order valence-electron chi connectivity index (χ1n) is 5.00. The van der Waals surface area contributed by atoms with Crippen LogP contribution in [0.5, 0.6) is 0 Å². The fourth-order valence-corrected chi connectivity index (χ4v) is 1.58. The summed E-state index contributed by atoms with van der Waals surface area (Å²) < 4.78 is 1.47. The topological polar surface area (TPSA) is 54.9 Å². The standard InChI is InChI=1S/C12H12N2O2/c1-9-3-2-4-10(7-9)8-14-6-5-11(15)13-12(14)16/h2-7H,8H2,1H3,(H,13,15,16). The molecule has 2 rings (SSSR count). The number of rotatable bonds is 2. The van der Waals surface area contributed by atoms with E-state index < -0.39 is 0 Å². The van der Waals surface area contributed by atoms with Gasteiger partial charge in [0.25, 0.3) is 5.56 Å². The Kier molecular flexibility index (Phi) is 2.72. The van der Waals surface area contributed by atoms with E-state index in [4.69, 9.17) is 0 Å². The van der Waals surface area contributed by atoms with Crippen LogP contribution in [0.25, 0.3) is 0 Å². The third kappa shape index (κ3) is 2.28. The van der Waals surface area contributed by atoms with Crippen LogP contribution in [-0.2, 0) is 6.54 Å². The lowest BCUT2D eigenvalue weighted by Crippen LogP contribution is -2.28. The smallest absolute Gasteiger partial charge is 0.296 e. The summed E-state index contributed by atoms with van der Waals surface area (Å²) in [5, 5.41) is 0. The number of aromatic amines is 1. The van der Waals surface area contributed by atoms with E-state index in [1.165, 1.54) is 16.8 Å². The van der Waals surface area contributed by atoms with Crippen LogP contribution < -0.4 is 11.2 Å². The molecule has 1 heterocycles. The van der Waals surface area contributed by atoms with Crippen LogP contribution in [0.3, 0.4) is 0 Å². The highest BCUT2D eigenvalue weighted by atomic mass is 16.2. The fraction of sp³-hybridized carbons (Fsp3) is 0.167. The van der Waals surface area contributed by atoms with Crippen LogP contribution >= 0.6 is 0 Å². The summed E-state index contributed by atoms with van der Waals surface area (Å²) in [4.78, 5) is 24.5. The lowest BCUT2D eigenvalue weighted by Gasteiger charge is -2.05. The van der Waals surface area contributed by atoms with Gasteiger partial charge in [0.1, 0.15) is 0 Å². The quantitative estimate of drug-likeness (QED) is 0.810. The van der Waals surface area contributed by atoms with Gasteiger partial charge in [-0.25, -0.2) is 4.79 Å². The Morgan fingerprint density at radius 2 is 2.06 bits per heavy atom. The largest absolute Gasteiger partial charge is 0.328 e. The number of hydrogen-bond donors (Lipinski definition) is 1. The van der Waals surface area contributed by atoms with Crippen molar-refractivity contribution in [1.29, 1.82) is 0 Å². The summed E-state index contributed by atoms with van der Waals surface area (Å²) in [6, 6.07) is 9.25. The summed E-state index contributed by atoms with van der Waals surface area (Å²) in [6.45, 7) is 2.47. The second-order valence-corrected chi connectivity index (χ2v) is 3.73. The fourth-order valence-electron chi connectivity index (χ4n) is 1.58. The van der Waals surface area contributed by atoms with Gasteiger partial charge >= 0.3 is 5.69 Å². The highest BCUT2D eigenvalue weighted by Gasteiger charge is 1.98. The van der Waals surface area contributed by atoms with E-state index in [1.54, 1.807) is 0 Å². The van der Waals surface area contributed by atoms with E-state index >= 15 is 0 Å². The Hall–Kier alpha value is -2.10. The van der Waals surface area contributed by atoms with Gasteiger partial charge in [-0.3, -0.25) is 14.3 Å². The molecular formula is C12H12N2O2. The monoisotopic (exact) mass is 216 g/mol. The van der Waals surface area contributed by atoms with Gasteiger partial charge in [0.05, 0.1) is 6.54 Å². The molecule has 1 aromatic carbocycles. The maximum Gasteiger partial charge on any atom is 0.328 e. The van der Waals surface area contributed by atoms with E-state index in [1.807, 2.05) is 31.2 Å². The molecule has 82 valence electrons. The number of nitrogens with zero attached hydrogens (tertiary/aromatic N) is 1. The molecule has 0 amide bonds. The van der Waals surface area contributed by atoms with Crippen molar-refractivity contribution in [3.05, 3.63) is 68.5 Å². The molecule has 0 atom stereocenters. The molecule has 0 bridgehead atoms. The van der Waals surface area contributed by atoms with Crippen molar-refractivity contribution in [1.82, 2.24) is 9.55 Å². The summed E-state index contributed by atoms with van der Waals surface area (Å²) >= 11 is 0. The lowest BCUT2D eigenvalue weighted by molar-refractivity contribution is 0.720. The molecule has 0 aliphatic rings. The molecule has 0 unspecified atom stereocenters. The maximum absolute atomic E-state index is 11.4. The number of benzene rings is 1. The molecule has 0 fully saturated rings. The van der Waals surface area contributed by atoms with Crippen LogP contribution in [-0.4, -0.2) is 9.55 Å². The average molecular weight is 216 g/mol. The van der Waals surface area contributed by atoms with Gasteiger partial charge in [0.15, 0.2) is 0 Å². The number of H-pyrrole nitrogens is 1. The van der Waals surface area contributed by atoms with Crippen molar-refractivity contribution >= 4 is 0 Å². The van der Waals surface area contributed by atoms with E-state index in [0.717, 1.165) is 11.1 Å². The SMILES string of the molecule is Cc1cccc(Cn2ccc(=O)[nH]c2=O)c1. The molecule has 0 spiro atoms. The average Bonchev–Trinajstić information content (AvgIpc) is 2.22. The molecule has 4 heteroatoms. The van der Waals surface area contributed by atoms with Gasteiger partial charge in [0, 0.05) is 12.3 Å². The van der Waals surface area contributed by atoms with Crippen LogP contribution in [0.4, 0.5) is 0 Å². The lowest BCUT2D eigenvalue weighted by atomic mass is 10.1. The van der Waals surface area contributed by atoms with Crippen molar-refractivity contribution in [2.45, 2.75) is 13.5 Å². The Labute approximate surface area is 92.2 Å². The first kappa shape index (κ1) is 10.4. The zero-order valence-corrected chi connectivity index (χ0v) is 8.93. The summed E-state index contributed by atoms with van der Waals surface area (Å²) in [6.07, 6.45) is 1.50. The van der Waals surface area contributed by atoms with E-state index in [-0.39, 0.29) is 11.2 Å². The minimum Gasteiger partial charge on any atom is -0.296 e. The van der Waals surface area contributed by atoms with Crippen molar-refractivity contribution in [3.8, 4) is 0 Å². The van der Waals surface area contributed by atoms with Crippen molar-refractivity contribution in [2.75, 3.05) is 0 Å². The van der Waals surface area contributed by atoms with Gasteiger partial charge in [-0.05, 0) is 12.5 Å². The van der Waals surface area contributed by atoms with E-state index in [2.05, 4.69) is 4.98 Å². The molecular weight excluding hydrogens is 204 g/mol. The Bertz CT molecular complexity index is 611. The van der Waals surface area contributed by atoms with Crippen LogP contribution in [0, 0.1) is 6.92 Å². The number of nitrogens with one attached hydrogen (secondary N) is 1. The predicted octanol–water partition coefficient (Wildman–Crippen LogP) is 0.893. The van der Waals surface area contributed by atoms with Gasteiger partial charge < -0.3 is 0 Å². The van der Waals surface area contributed by atoms with Crippen LogP contribution in [0.2, 0.25) is 0 Å². The highest BCUT2D eigenvalue weighted by molar-refractivity contribution is 5.22. The Morgan fingerprint density at radius 3 is 2.75 bits per heavy atom. The minimum atomic E-state index is -0.381. The zero-order valence-electron chi connectivity index (χ0n) is 8.93. The van der Waals surface area contributed by atoms with Crippen molar-refractivity contribution in [3.63, 3.8) is 0 Å². The Morgan fingerprint density at radius 1 is 1.25 bits per heavy atom. The molecule has 0 saturated carbocycles. The van der Waals surface area contributed by atoms with Crippen molar-refractivity contribution in [2.24, 2.45) is 0 Å². The van der Waals surface area contributed by atoms with Gasteiger partial charge in [0.2, 0.25) is 0 Å². The van der Waals surface area contributed by atoms with E-state index in [0.29, 0.717) is 6.54 Å². The Balaban J connectivity index is 2.34. The highest BCUT2D eigenvalue weighted by Crippen LogP contribution is 2.04. The summed E-state index contributed by atoms with van der Waals surface area (Å²) in [5.41, 5.74) is 1.43. The molecule has 0 aliphatic carbocycles. The molecule has 0 aliphatic heterocycles. The second-order valence-electron chi connectivity index (χ2n) is 3.73. The predicted molar refractivity (Wildman–Crippen MR) is 61.6 cm³/mol. The molecule has 0 saturated heterocycles. The van der Waals surface area contributed by atoms with Gasteiger partial charge in [-0.2, -0.15) is 0 Å². The van der Waals surface area contributed by atoms with Crippen LogP contribution in [0.15, 0.2) is 46.1 Å². The minimum absolute atomic E-state index is 0.370. The molecule has 1 aromatic heterocycles. The maximum atomic E-state index is 11.4. The van der Waals surface area contributed by atoms with Gasteiger partial charge in [-0.15, -0.1) is 0 Å². The third-order valence-electron chi connectivity index (χ3n) is 2.33. The van der Waals surface area contributed by atoms with Crippen LogP contribution in [0.1, 0.15) is 11.1 Å².